The topological polar surface area (TPSA) is 53.1 Å². The molecule has 2 aromatic rings. The number of hydrogen-bond acceptors (Lipinski definition) is 5. The molecule has 2 aliphatic heterocycles. The molecule has 2 N–H and O–H groups in total. The van der Waals surface area contributed by atoms with Gasteiger partial charge in [-0.05, 0) is 36.2 Å². The van der Waals surface area contributed by atoms with E-state index >= 15 is 0 Å². The van der Waals surface area contributed by atoms with E-state index in [0.717, 1.165) is 43.4 Å². The Balaban J connectivity index is 1.59. The molecule has 2 aliphatic rings. The summed E-state index contributed by atoms with van der Waals surface area (Å²) in [6.45, 7) is 5.36. The van der Waals surface area contributed by atoms with E-state index in [-0.39, 0.29) is 11.3 Å². The average molecular weight is 412 g/mol. The monoisotopic (exact) mass is 411 g/mol. The molecule has 0 saturated carbocycles. The zero-order chi connectivity index (χ0) is 19.9. The molecule has 0 spiro atoms. The number of alkyl halides is 3. The molecule has 0 radical (unpaired) electrons. The van der Waals surface area contributed by atoms with Crippen LogP contribution >= 0.6 is 11.6 Å². The Labute approximate surface area is 166 Å². The lowest BCUT2D eigenvalue weighted by Gasteiger charge is -2.41. The van der Waals surface area contributed by atoms with Crippen molar-refractivity contribution in [2.45, 2.75) is 38.1 Å². The first-order chi connectivity index (χ1) is 13.3. The highest BCUT2D eigenvalue weighted by molar-refractivity contribution is 6.28. The van der Waals surface area contributed by atoms with Crippen LogP contribution in [0.2, 0.25) is 5.28 Å². The van der Waals surface area contributed by atoms with Crippen molar-refractivity contribution in [2.24, 2.45) is 0 Å². The van der Waals surface area contributed by atoms with E-state index in [4.69, 9.17) is 11.6 Å². The Bertz CT molecular complexity index is 869. The lowest BCUT2D eigenvalue weighted by molar-refractivity contribution is -0.137. The summed E-state index contributed by atoms with van der Waals surface area (Å²) < 4.78 is 39.1. The van der Waals surface area contributed by atoms with Gasteiger partial charge in [0.15, 0.2) is 0 Å². The normalized spacial score (nSPS) is 19.0. The number of benzene rings is 1. The molecule has 0 amide bonds. The summed E-state index contributed by atoms with van der Waals surface area (Å²) in [5.41, 5.74) is 1.75. The summed E-state index contributed by atoms with van der Waals surface area (Å²) in [5.74, 6) is 0.594. The first kappa shape index (κ1) is 19.4. The molecule has 150 valence electrons. The fourth-order valence-corrected chi connectivity index (χ4v) is 3.83. The summed E-state index contributed by atoms with van der Waals surface area (Å²) in [5, 5.41) is 6.68. The zero-order valence-corrected chi connectivity index (χ0v) is 16.1. The Hall–Kier alpha value is -1.90. The maximum Gasteiger partial charge on any atom is 0.416 e. The minimum Gasteiger partial charge on any atom is -0.363 e. The fourth-order valence-electron chi connectivity index (χ4n) is 3.64. The van der Waals surface area contributed by atoms with Crippen LogP contribution in [-0.4, -0.2) is 40.5 Å². The van der Waals surface area contributed by atoms with Gasteiger partial charge in [-0.15, -0.1) is 0 Å². The molecule has 1 fully saturated rings. The molecule has 1 atom stereocenters. The summed E-state index contributed by atoms with van der Waals surface area (Å²) in [6.07, 6.45) is -3.59. The zero-order valence-electron chi connectivity index (χ0n) is 15.4. The Morgan fingerprint density at radius 3 is 2.75 bits per heavy atom. The molecule has 0 bridgehead atoms. The van der Waals surface area contributed by atoms with Crippen LogP contribution in [0, 0.1) is 0 Å². The second kappa shape index (κ2) is 7.50. The minimum absolute atomic E-state index is 0.149. The number of rotatable bonds is 4. The third-order valence-electron chi connectivity index (χ3n) is 5.41. The molecule has 3 heterocycles. The van der Waals surface area contributed by atoms with Crippen LogP contribution in [0.4, 0.5) is 19.0 Å². The number of nitrogens with one attached hydrogen (secondary N) is 2. The van der Waals surface area contributed by atoms with Gasteiger partial charge in [-0.25, -0.2) is 9.97 Å². The molecule has 28 heavy (non-hydrogen) atoms. The first-order valence-electron chi connectivity index (χ1n) is 9.25. The molecule has 5 nitrogen and oxygen atoms in total. The lowest BCUT2D eigenvalue weighted by Crippen LogP contribution is -2.58. The standard InChI is InChI=1S/C19H21ClF3N5/c1-11(12-3-2-4-13(7-12)19(21,22)23)25-17-15-10-28(14-8-24-9-14)6-5-16(15)26-18(20)27-17/h2-4,7,11,14,24H,5-6,8-10H2,1H3,(H,25,26,27)/t11-/m1/s1. The number of halogens is 4. The highest BCUT2D eigenvalue weighted by Gasteiger charge is 2.32. The number of anilines is 1. The number of nitrogens with zero attached hydrogens (tertiary/aromatic N) is 3. The number of hydrogen-bond donors (Lipinski definition) is 2. The number of aromatic nitrogens is 2. The van der Waals surface area contributed by atoms with Crippen LogP contribution < -0.4 is 10.6 Å². The summed E-state index contributed by atoms with van der Waals surface area (Å²) >= 11 is 6.10. The van der Waals surface area contributed by atoms with Crippen molar-refractivity contribution in [2.75, 3.05) is 25.0 Å². The highest BCUT2D eigenvalue weighted by atomic mass is 35.5. The number of fused-ring (bicyclic) bond motifs is 1. The van der Waals surface area contributed by atoms with Crippen molar-refractivity contribution in [3.8, 4) is 0 Å². The summed E-state index contributed by atoms with van der Waals surface area (Å²) in [4.78, 5) is 11.1. The Morgan fingerprint density at radius 1 is 1.29 bits per heavy atom. The van der Waals surface area contributed by atoms with Crippen molar-refractivity contribution >= 4 is 17.4 Å². The molecule has 1 aromatic heterocycles. The van der Waals surface area contributed by atoms with Gasteiger partial charge in [0, 0.05) is 50.2 Å². The Morgan fingerprint density at radius 2 is 2.07 bits per heavy atom. The van der Waals surface area contributed by atoms with E-state index in [9.17, 15) is 13.2 Å². The van der Waals surface area contributed by atoms with E-state index < -0.39 is 11.7 Å². The van der Waals surface area contributed by atoms with Gasteiger partial charge in [-0.3, -0.25) is 4.90 Å². The predicted octanol–water partition coefficient (Wildman–Crippen LogP) is 3.65. The molecule has 1 saturated heterocycles. The van der Waals surface area contributed by atoms with Crippen LogP contribution in [0.3, 0.4) is 0 Å². The summed E-state index contributed by atoms with van der Waals surface area (Å²) in [6, 6.07) is 5.47. The van der Waals surface area contributed by atoms with Gasteiger partial charge in [0.05, 0.1) is 11.3 Å². The summed E-state index contributed by atoms with van der Waals surface area (Å²) in [7, 11) is 0. The Kier molecular flexibility index (Phi) is 5.20. The van der Waals surface area contributed by atoms with Gasteiger partial charge < -0.3 is 10.6 Å². The fraction of sp³-hybridized carbons (Fsp3) is 0.474. The second-order valence-corrected chi connectivity index (χ2v) is 7.63. The van der Waals surface area contributed by atoms with Gasteiger partial charge in [0.1, 0.15) is 5.82 Å². The predicted molar refractivity (Wildman–Crippen MR) is 101 cm³/mol. The van der Waals surface area contributed by atoms with Crippen molar-refractivity contribution in [1.29, 1.82) is 0 Å². The van der Waals surface area contributed by atoms with Crippen LogP contribution in [0.25, 0.3) is 0 Å². The molecule has 4 rings (SSSR count). The molecule has 9 heteroatoms. The SMILES string of the molecule is C[C@@H](Nc1nc(Cl)nc2c1CN(C1CNC1)CC2)c1cccc(C(F)(F)F)c1. The first-order valence-corrected chi connectivity index (χ1v) is 9.63. The van der Waals surface area contributed by atoms with Gasteiger partial charge in [-0.1, -0.05) is 12.1 Å². The third-order valence-corrected chi connectivity index (χ3v) is 5.58. The van der Waals surface area contributed by atoms with Gasteiger partial charge >= 0.3 is 6.18 Å². The largest absolute Gasteiger partial charge is 0.416 e. The smallest absolute Gasteiger partial charge is 0.363 e. The minimum atomic E-state index is -4.37. The van der Waals surface area contributed by atoms with Crippen LogP contribution in [0.5, 0.6) is 0 Å². The van der Waals surface area contributed by atoms with E-state index in [2.05, 4.69) is 25.5 Å². The van der Waals surface area contributed by atoms with E-state index in [1.54, 1.807) is 6.07 Å². The van der Waals surface area contributed by atoms with Crippen molar-refractivity contribution in [3.63, 3.8) is 0 Å². The van der Waals surface area contributed by atoms with E-state index in [1.807, 2.05) is 6.92 Å². The van der Waals surface area contributed by atoms with Crippen LogP contribution in [0.15, 0.2) is 24.3 Å². The van der Waals surface area contributed by atoms with E-state index in [1.165, 1.54) is 12.1 Å². The molecular weight excluding hydrogens is 391 g/mol. The van der Waals surface area contributed by atoms with Gasteiger partial charge in [-0.2, -0.15) is 13.2 Å². The van der Waals surface area contributed by atoms with Crippen LogP contribution in [0.1, 0.15) is 35.3 Å². The molecule has 0 aliphatic carbocycles. The van der Waals surface area contributed by atoms with Gasteiger partial charge in [0.25, 0.3) is 0 Å². The molecule has 1 aromatic carbocycles. The van der Waals surface area contributed by atoms with E-state index in [0.29, 0.717) is 24.0 Å². The van der Waals surface area contributed by atoms with Gasteiger partial charge in [0.2, 0.25) is 5.28 Å². The average Bonchev–Trinajstić information content (AvgIpc) is 2.60. The molecular formula is C19H21ClF3N5. The maximum absolute atomic E-state index is 13.0. The van der Waals surface area contributed by atoms with Crippen molar-refractivity contribution in [1.82, 2.24) is 20.2 Å². The molecule has 0 unspecified atom stereocenters. The van der Waals surface area contributed by atoms with Crippen molar-refractivity contribution < 1.29 is 13.2 Å². The lowest BCUT2D eigenvalue weighted by atomic mass is 10.0. The van der Waals surface area contributed by atoms with Crippen LogP contribution in [-0.2, 0) is 19.1 Å². The third kappa shape index (κ3) is 3.94. The quantitative estimate of drug-likeness (QED) is 0.752. The maximum atomic E-state index is 13.0. The van der Waals surface area contributed by atoms with Crippen molar-refractivity contribution in [3.05, 3.63) is 51.9 Å². The highest BCUT2D eigenvalue weighted by Crippen LogP contribution is 2.33. The second-order valence-electron chi connectivity index (χ2n) is 7.29.